The van der Waals surface area contributed by atoms with Crippen LogP contribution in [0, 0.1) is 0 Å². The maximum Gasteiger partial charge on any atom is 0.152 e. The molecule has 0 spiro atoms. The summed E-state index contributed by atoms with van der Waals surface area (Å²) in [7, 11) is 2.05. The summed E-state index contributed by atoms with van der Waals surface area (Å²) in [4.78, 5) is 13.0. The number of anilines is 1. The van der Waals surface area contributed by atoms with Crippen LogP contribution in [0.5, 0.6) is 0 Å². The van der Waals surface area contributed by atoms with Gasteiger partial charge in [0.05, 0.1) is 5.69 Å². The number of aryl methyl sites for hydroxylation is 1. The van der Waals surface area contributed by atoms with Crippen molar-refractivity contribution in [2.45, 2.75) is 12.8 Å². The van der Waals surface area contributed by atoms with Crippen LogP contribution in [0.2, 0.25) is 0 Å². The Kier molecular flexibility index (Phi) is 2.05. The molecule has 1 aromatic carbocycles. The molecule has 0 fully saturated rings. The normalized spacial score (nSPS) is 15.3. The van der Waals surface area contributed by atoms with Gasteiger partial charge in [-0.1, -0.05) is 12.1 Å². The van der Waals surface area contributed by atoms with Crippen molar-refractivity contribution in [2.24, 2.45) is 0 Å². The van der Waals surface area contributed by atoms with Gasteiger partial charge in [0.2, 0.25) is 0 Å². The van der Waals surface area contributed by atoms with Crippen molar-refractivity contribution < 1.29 is 4.79 Å². The van der Waals surface area contributed by atoms with Gasteiger partial charge >= 0.3 is 0 Å². The molecule has 1 heterocycles. The molecule has 0 aliphatic carbocycles. The highest BCUT2D eigenvalue weighted by Crippen LogP contribution is 2.28. The highest BCUT2D eigenvalue weighted by molar-refractivity contribution is 5.86. The first-order valence-electron chi connectivity index (χ1n) is 4.61. The summed E-state index contributed by atoms with van der Waals surface area (Å²) in [5.74, 6) is 0. The Balaban J connectivity index is 2.56. The molecule has 0 atom stereocenters. The quantitative estimate of drug-likeness (QED) is 0.607. The molecule has 0 unspecified atom stereocenters. The van der Waals surface area contributed by atoms with E-state index >= 15 is 0 Å². The lowest BCUT2D eigenvalue weighted by molar-refractivity contribution is 0.112. The number of nitrogens with zero attached hydrogens (tertiary/aromatic N) is 1. The smallest absolute Gasteiger partial charge is 0.152 e. The van der Waals surface area contributed by atoms with Gasteiger partial charge in [0, 0.05) is 19.2 Å². The minimum Gasteiger partial charge on any atom is -0.374 e. The molecule has 0 aromatic heterocycles. The molecule has 0 N–H and O–H groups in total. The number of aldehydes is 1. The summed E-state index contributed by atoms with van der Waals surface area (Å²) in [5, 5.41) is 0. The van der Waals surface area contributed by atoms with Crippen molar-refractivity contribution in [3.05, 3.63) is 29.3 Å². The Labute approximate surface area is 78.2 Å². The lowest BCUT2D eigenvalue weighted by atomic mass is 9.99. The third-order valence-corrected chi connectivity index (χ3v) is 2.60. The number of para-hydroxylation sites is 1. The highest BCUT2D eigenvalue weighted by Gasteiger charge is 2.16. The first kappa shape index (κ1) is 8.30. The standard InChI is InChI=1S/C11H13NO/c1-12-7-3-6-9-4-2-5-10(8-13)11(9)12/h2,4-5,8H,3,6-7H2,1H3. The summed E-state index contributed by atoms with van der Waals surface area (Å²) in [6.45, 7) is 1.05. The first-order chi connectivity index (χ1) is 6.33. The van der Waals surface area contributed by atoms with Gasteiger partial charge in [-0.3, -0.25) is 4.79 Å². The van der Waals surface area contributed by atoms with E-state index in [1.165, 1.54) is 12.0 Å². The van der Waals surface area contributed by atoms with E-state index in [1.807, 2.05) is 19.2 Å². The number of benzene rings is 1. The van der Waals surface area contributed by atoms with Crippen molar-refractivity contribution in [1.29, 1.82) is 0 Å². The largest absolute Gasteiger partial charge is 0.374 e. The average molecular weight is 175 g/mol. The number of carbonyl (C=O) groups excluding carboxylic acids is 1. The lowest BCUT2D eigenvalue weighted by Gasteiger charge is -2.28. The number of rotatable bonds is 1. The van der Waals surface area contributed by atoms with Crippen molar-refractivity contribution in [3.8, 4) is 0 Å². The third kappa shape index (κ3) is 1.32. The highest BCUT2D eigenvalue weighted by atomic mass is 16.1. The second-order valence-electron chi connectivity index (χ2n) is 3.50. The summed E-state index contributed by atoms with van der Waals surface area (Å²) < 4.78 is 0. The molecular weight excluding hydrogens is 162 g/mol. The second-order valence-corrected chi connectivity index (χ2v) is 3.50. The van der Waals surface area contributed by atoms with E-state index < -0.39 is 0 Å². The molecule has 1 aliphatic rings. The van der Waals surface area contributed by atoms with Crippen molar-refractivity contribution in [2.75, 3.05) is 18.5 Å². The predicted molar refractivity (Wildman–Crippen MR) is 53.4 cm³/mol. The molecule has 0 amide bonds. The summed E-state index contributed by atoms with van der Waals surface area (Å²) in [6.07, 6.45) is 3.23. The van der Waals surface area contributed by atoms with Gasteiger partial charge in [-0.25, -0.2) is 0 Å². The molecule has 13 heavy (non-hydrogen) atoms. The zero-order valence-electron chi connectivity index (χ0n) is 7.79. The van der Waals surface area contributed by atoms with Crippen LogP contribution in [0.1, 0.15) is 22.3 Å². The Morgan fingerprint density at radius 2 is 2.31 bits per heavy atom. The third-order valence-electron chi connectivity index (χ3n) is 2.60. The summed E-state index contributed by atoms with van der Waals surface area (Å²) in [5.41, 5.74) is 3.25. The maximum atomic E-state index is 10.8. The minimum atomic E-state index is 0.819. The average Bonchev–Trinajstić information content (AvgIpc) is 2.17. The Morgan fingerprint density at radius 3 is 3.08 bits per heavy atom. The SMILES string of the molecule is CN1CCCc2cccc(C=O)c21. The molecule has 0 saturated heterocycles. The monoisotopic (exact) mass is 175 g/mol. The van der Waals surface area contributed by atoms with Crippen LogP contribution in [-0.4, -0.2) is 19.9 Å². The first-order valence-corrected chi connectivity index (χ1v) is 4.61. The van der Waals surface area contributed by atoms with Gasteiger partial charge in [0.15, 0.2) is 6.29 Å². The van der Waals surface area contributed by atoms with E-state index in [0.717, 1.165) is 30.5 Å². The fourth-order valence-corrected chi connectivity index (χ4v) is 1.99. The Morgan fingerprint density at radius 1 is 1.46 bits per heavy atom. The van der Waals surface area contributed by atoms with Gasteiger partial charge in [-0.15, -0.1) is 0 Å². The van der Waals surface area contributed by atoms with Crippen LogP contribution in [0.15, 0.2) is 18.2 Å². The molecule has 1 aromatic rings. The molecule has 2 nitrogen and oxygen atoms in total. The molecule has 2 rings (SSSR count). The number of hydrogen-bond donors (Lipinski definition) is 0. The molecule has 68 valence electrons. The molecular formula is C11H13NO. The van der Waals surface area contributed by atoms with E-state index in [4.69, 9.17) is 0 Å². The number of hydrogen-bond acceptors (Lipinski definition) is 2. The minimum absolute atomic E-state index is 0.819. The summed E-state index contributed by atoms with van der Waals surface area (Å²) >= 11 is 0. The fraction of sp³-hybridized carbons (Fsp3) is 0.364. The molecule has 1 aliphatic heterocycles. The predicted octanol–water partition coefficient (Wildman–Crippen LogP) is 1.88. The Bertz CT molecular complexity index is 333. The zero-order valence-corrected chi connectivity index (χ0v) is 7.79. The molecule has 2 heteroatoms. The van der Waals surface area contributed by atoms with Crippen LogP contribution in [-0.2, 0) is 6.42 Å². The second kappa shape index (κ2) is 3.21. The number of carbonyl (C=O) groups is 1. The van der Waals surface area contributed by atoms with Crippen LogP contribution in [0.3, 0.4) is 0 Å². The number of fused-ring (bicyclic) bond motifs is 1. The molecule has 0 saturated carbocycles. The van der Waals surface area contributed by atoms with Gasteiger partial charge in [-0.2, -0.15) is 0 Å². The van der Waals surface area contributed by atoms with Gasteiger partial charge in [0.1, 0.15) is 0 Å². The lowest BCUT2D eigenvalue weighted by Crippen LogP contribution is -2.25. The topological polar surface area (TPSA) is 20.3 Å². The van der Waals surface area contributed by atoms with Crippen molar-refractivity contribution in [1.82, 2.24) is 0 Å². The van der Waals surface area contributed by atoms with Crippen LogP contribution in [0.4, 0.5) is 5.69 Å². The van der Waals surface area contributed by atoms with Gasteiger partial charge in [-0.05, 0) is 24.5 Å². The zero-order chi connectivity index (χ0) is 9.26. The van der Waals surface area contributed by atoms with Crippen molar-refractivity contribution >= 4 is 12.0 Å². The molecule has 0 radical (unpaired) electrons. The van der Waals surface area contributed by atoms with Crippen molar-refractivity contribution in [3.63, 3.8) is 0 Å². The Hall–Kier alpha value is -1.31. The fourth-order valence-electron chi connectivity index (χ4n) is 1.99. The van der Waals surface area contributed by atoms with E-state index in [9.17, 15) is 4.79 Å². The summed E-state index contributed by atoms with van der Waals surface area (Å²) in [6, 6.07) is 5.95. The van der Waals surface area contributed by atoms with Crippen LogP contribution >= 0.6 is 0 Å². The van der Waals surface area contributed by atoms with E-state index in [0.29, 0.717) is 0 Å². The van der Waals surface area contributed by atoms with Gasteiger partial charge in [0.25, 0.3) is 0 Å². The van der Waals surface area contributed by atoms with E-state index in [1.54, 1.807) is 0 Å². The van der Waals surface area contributed by atoms with Gasteiger partial charge < -0.3 is 4.90 Å². The maximum absolute atomic E-state index is 10.8. The van der Waals surface area contributed by atoms with E-state index in [-0.39, 0.29) is 0 Å². The molecule has 0 bridgehead atoms. The van der Waals surface area contributed by atoms with Crippen LogP contribution in [0.25, 0.3) is 0 Å². The van der Waals surface area contributed by atoms with E-state index in [2.05, 4.69) is 11.0 Å². The van der Waals surface area contributed by atoms with Crippen LogP contribution < -0.4 is 4.90 Å².